The quantitative estimate of drug-likeness (QED) is 0.474. The van der Waals surface area contributed by atoms with Crippen LogP contribution in [-0.2, 0) is 4.79 Å². The Morgan fingerprint density at radius 2 is 1.57 bits per heavy atom. The normalized spacial score (nSPS) is 19.3. The summed E-state index contributed by atoms with van der Waals surface area (Å²) >= 11 is 0. The molecule has 1 N–H and O–H groups in total. The molecule has 0 saturated carbocycles. The van der Waals surface area contributed by atoms with Crippen molar-refractivity contribution < 1.29 is 4.79 Å². The van der Waals surface area contributed by atoms with Crippen LogP contribution >= 0.6 is 0 Å². The van der Waals surface area contributed by atoms with Gasteiger partial charge >= 0.3 is 0 Å². The molecule has 0 aromatic carbocycles. The third kappa shape index (κ3) is 9.08. The molecule has 0 spiro atoms. The Morgan fingerprint density at radius 3 is 2.10 bits per heavy atom. The van der Waals surface area contributed by atoms with E-state index < -0.39 is 0 Å². The molecule has 122 valence electrons. The summed E-state index contributed by atoms with van der Waals surface area (Å²) in [4.78, 5) is 11.3. The maximum atomic E-state index is 11.3. The summed E-state index contributed by atoms with van der Waals surface area (Å²) in [6, 6.07) is 0.897. The van der Waals surface area contributed by atoms with Gasteiger partial charge in [-0.3, -0.25) is 4.79 Å². The van der Waals surface area contributed by atoms with Crippen LogP contribution in [-0.4, -0.2) is 17.9 Å². The van der Waals surface area contributed by atoms with Crippen molar-refractivity contribution in [2.45, 2.75) is 103 Å². The van der Waals surface area contributed by atoms with Gasteiger partial charge in [-0.1, -0.05) is 77.7 Å². The summed E-state index contributed by atoms with van der Waals surface area (Å²) < 4.78 is 0. The van der Waals surface area contributed by atoms with Gasteiger partial charge in [-0.25, -0.2) is 0 Å². The van der Waals surface area contributed by atoms with Crippen molar-refractivity contribution in [1.29, 1.82) is 0 Å². The van der Waals surface area contributed by atoms with Crippen molar-refractivity contribution in [1.82, 2.24) is 5.32 Å². The maximum Gasteiger partial charge on any atom is 0.157 e. The predicted molar refractivity (Wildman–Crippen MR) is 91.6 cm³/mol. The van der Waals surface area contributed by atoms with Crippen LogP contribution in [0.25, 0.3) is 0 Å². The van der Waals surface area contributed by atoms with Crippen molar-refractivity contribution in [2.75, 3.05) is 0 Å². The number of hydrogen-bond acceptors (Lipinski definition) is 2. The molecule has 0 radical (unpaired) electrons. The van der Waals surface area contributed by atoms with Crippen LogP contribution in [0.5, 0.6) is 0 Å². The van der Waals surface area contributed by atoms with Gasteiger partial charge in [0.15, 0.2) is 5.78 Å². The van der Waals surface area contributed by atoms with E-state index in [0.29, 0.717) is 18.5 Å². The zero-order valence-corrected chi connectivity index (χ0v) is 14.2. The van der Waals surface area contributed by atoms with Crippen LogP contribution in [0.4, 0.5) is 0 Å². The topological polar surface area (TPSA) is 29.1 Å². The molecule has 2 heteroatoms. The molecular weight excluding hydrogens is 258 g/mol. The molecule has 0 aromatic heterocycles. The van der Waals surface area contributed by atoms with Crippen molar-refractivity contribution in [3.63, 3.8) is 0 Å². The summed E-state index contributed by atoms with van der Waals surface area (Å²) in [5.41, 5.74) is 0. The van der Waals surface area contributed by atoms with E-state index in [1.807, 2.05) is 0 Å². The van der Waals surface area contributed by atoms with Crippen LogP contribution in [0.3, 0.4) is 0 Å². The monoisotopic (exact) mass is 293 g/mol. The number of ketones is 1. The second-order valence-electron chi connectivity index (χ2n) is 6.55. The smallest absolute Gasteiger partial charge is 0.157 e. The molecule has 0 heterocycles. The first-order valence-electron chi connectivity index (χ1n) is 9.23. The highest BCUT2D eigenvalue weighted by Crippen LogP contribution is 2.16. The van der Waals surface area contributed by atoms with E-state index in [2.05, 4.69) is 25.2 Å². The Hall–Kier alpha value is -0.630. The van der Waals surface area contributed by atoms with Crippen LogP contribution in [0.2, 0.25) is 0 Å². The fourth-order valence-electron chi connectivity index (χ4n) is 3.12. The van der Waals surface area contributed by atoms with Gasteiger partial charge in [0.25, 0.3) is 0 Å². The van der Waals surface area contributed by atoms with E-state index >= 15 is 0 Å². The SMILES string of the molecule is CCCCCCCC(CCCCCC)NC1C=CC(=O)C1. The van der Waals surface area contributed by atoms with E-state index in [9.17, 15) is 4.79 Å². The number of unbranched alkanes of at least 4 members (excludes halogenated alkanes) is 7. The van der Waals surface area contributed by atoms with Crippen LogP contribution in [0.1, 0.15) is 90.9 Å². The van der Waals surface area contributed by atoms with E-state index in [1.54, 1.807) is 6.08 Å². The molecule has 21 heavy (non-hydrogen) atoms. The Morgan fingerprint density at radius 1 is 1.00 bits per heavy atom. The highest BCUT2D eigenvalue weighted by atomic mass is 16.1. The lowest BCUT2D eigenvalue weighted by Crippen LogP contribution is -2.36. The lowest BCUT2D eigenvalue weighted by molar-refractivity contribution is -0.114. The van der Waals surface area contributed by atoms with Gasteiger partial charge in [0, 0.05) is 18.5 Å². The number of hydrogen-bond donors (Lipinski definition) is 1. The van der Waals surface area contributed by atoms with Crippen molar-refractivity contribution in [3.05, 3.63) is 12.2 Å². The molecule has 2 nitrogen and oxygen atoms in total. The first kappa shape index (κ1) is 18.4. The maximum absolute atomic E-state index is 11.3. The Kier molecular flexibility index (Phi) is 10.5. The van der Waals surface area contributed by atoms with E-state index in [-0.39, 0.29) is 5.78 Å². The molecule has 0 amide bonds. The molecule has 0 aromatic rings. The van der Waals surface area contributed by atoms with Gasteiger partial charge in [0.2, 0.25) is 0 Å². The standard InChI is InChI=1S/C19H35NO/c1-3-5-7-9-11-13-17(12-10-8-6-4-2)20-18-14-15-19(21)16-18/h14-15,17-18,20H,3-13,16H2,1-2H3. The Balaban J connectivity index is 2.23. The molecule has 1 rings (SSSR count). The number of carbonyl (C=O) groups is 1. The van der Waals surface area contributed by atoms with Crippen molar-refractivity contribution >= 4 is 5.78 Å². The number of allylic oxidation sites excluding steroid dienone is 1. The number of carbonyl (C=O) groups excluding carboxylic acids is 1. The lowest BCUT2D eigenvalue weighted by Gasteiger charge is -2.22. The molecule has 2 unspecified atom stereocenters. The zero-order valence-electron chi connectivity index (χ0n) is 14.2. The van der Waals surface area contributed by atoms with Gasteiger partial charge in [0.1, 0.15) is 0 Å². The number of rotatable bonds is 13. The largest absolute Gasteiger partial charge is 0.307 e. The van der Waals surface area contributed by atoms with Gasteiger partial charge < -0.3 is 5.32 Å². The summed E-state index contributed by atoms with van der Waals surface area (Å²) in [5.74, 6) is 0.278. The molecule has 0 saturated heterocycles. The molecule has 2 atom stereocenters. The van der Waals surface area contributed by atoms with Crippen molar-refractivity contribution in [2.24, 2.45) is 0 Å². The third-order valence-corrected chi connectivity index (χ3v) is 4.45. The zero-order chi connectivity index (χ0) is 15.3. The Bertz CT molecular complexity index is 298. The fraction of sp³-hybridized carbons (Fsp3) is 0.842. The molecule has 0 bridgehead atoms. The second kappa shape index (κ2) is 12.0. The van der Waals surface area contributed by atoms with Gasteiger partial charge in [-0.15, -0.1) is 0 Å². The highest BCUT2D eigenvalue weighted by molar-refractivity contribution is 5.92. The van der Waals surface area contributed by atoms with Crippen LogP contribution in [0, 0.1) is 0 Å². The fourth-order valence-corrected chi connectivity index (χ4v) is 3.12. The molecule has 1 aliphatic rings. The minimum Gasteiger partial charge on any atom is -0.307 e. The van der Waals surface area contributed by atoms with Gasteiger partial charge in [-0.2, -0.15) is 0 Å². The van der Waals surface area contributed by atoms with E-state index in [0.717, 1.165) is 0 Å². The van der Waals surface area contributed by atoms with E-state index in [4.69, 9.17) is 0 Å². The first-order valence-corrected chi connectivity index (χ1v) is 9.23. The molecule has 1 aliphatic carbocycles. The van der Waals surface area contributed by atoms with E-state index in [1.165, 1.54) is 70.6 Å². The highest BCUT2D eigenvalue weighted by Gasteiger charge is 2.19. The van der Waals surface area contributed by atoms with Crippen LogP contribution < -0.4 is 5.32 Å². The third-order valence-electron chi connectivity index (χ3n) is 4.45. The number of nitrogens with one attached hydrogen (secondary N) is 1. The van der Waals surface area contributed by atoms with Gasteiger partial charge in [0.05, 0.1) is 0 Å². The minimum absolute atomic E-state index is 0.278. The summed E-state index contributed by atoms with van der Waals surface area (Å²) in [6.07, 6.45) is 19.1. The molecule has 0 aliphatic heterocycles. The summed E-state index contributed by atoms with van der Waals surface area (Å²) in [6.45, 7) is 4.53. The minimum atomic E-state index is 0.278. The predicted octanol–water partition coefficient (Wildman–Crippen LogP) is 5.17. The Labute approximate surface area is 131 Å². The average Bonchev–Trinajstić information content (AvgIpc) is 2.88. The lowest BCUT2D eigenvalue weighted by atomic mass is 9.99. The molecule has 0 fully saturated rings. The second-order valence-corrected chi connectivity index (χ2v) is 6.55. The van der Waals surface area contributed by atoms with Crippen LogP contribution in [0.15, 0.2) is 12.2 Å². The summed E-state index contributed by atoms with van der Waals surface area (Å²) in [5, 5.41) is 3.71. The molecular formula is C19H35NO. The van der Waals surface area contributed by atoms with Crippen molar-refractivity contribution in [3.8, 4) is 0 Å². The van der Waals surface area contributed by atoms with Gasteiger partial charge in [-0.05, 0) is 18.9 Å². The summed E-state index contributed by atoms with van der Waals surface area (Å²) in [7, 11) is 0. The first-order chi connectivity index (χ1) is 10.3. The average molecular weight is 293 g/mol.